The fourth-order valence-electron chi connectivity index (χ4n) is 3.77. The van der Waals surface area contributed by atoms with Crippen LogP contribution in [0.25, 0.3) is 0 Å². The second-order valence-electron chi connectivity index (χ2n) is 6.81. The van der Waals surface area contributed by atoms with Crippen LogP contribution in [0.1, 0.15) is 28.5 Å². The normalized spacial score (nSPS) is 20.4. The molecular weight excluding hydrogens is 396 g/mol. The van der Waals surface area contributed by atoms with Gasteiger partial charge in [-0.2, -0.15) is 13.2 Å². The third kappa shape index (κ3) is 4.20. The van der Waals surface area contributed by atoms with Crippen molar-refractivity contribution in [1.82, 2.24) is 4.90 Å². The number of hydrogen-bond donors (Lipinski definition) is 1. The zero-order valence-electron chi connectivity index (χ0n) is 15.3. The molecule has 0 bridgehead atoms. The van der Waals surface area contributed by atoms with Gasteiger partial charge in [-0.05, 0) is 42.3 Å². The van der Waals surface area contributed by atoms with Gasteiger partial charge in [-0.25, -0.2) is 9.18 Å². The van der Waals surface area contributed by atoms with Crippen LogP contribution in [0.5, 0.6) is 0 Å². The lowest BCUT2D eigenvalue weighted by molar-refractivity contribution is -0.192. The molecule has 1 saturated heterocycles. The van der Waals surface area contributed by atoms with E-state index in [1.165, 1.54) is 12.3 Å². The molecule has 3 heterocycles. The van der Waals surface area contributed by atoms with E-state index in [9.17, 15) is 22.4 Å². The van der Waals surface area contributed by atoms with Gasteiger partial charge in [-0.3, -0.25) is 4.79 Å². The van der Waals surface area contributed by atoms with Crippen LogP contribution in [-0.4, -0.2) is 54.2 Å². The van der Waals surface area contributed by atoms with Gasteiger partial charge in [0.15, 0.2) is 5.76 Å². The summed E-state index contributed by atoms with van der Waals surface area (Å²) in [6.45, 7) is 1.30. The molecule has 0 aliphatic carbocycles. The highest BCUT2D eigenvalue weighted by molar-refractivity contribution is 5.91. The van der Waals surface area contributed by atoms with E-state index < -0.39 is 12.1 Å². The van der Waals surface area contributed by atoms with E-state index >= 15 is 0 Å². The largest absolute Gasteiger partial charge is 0.490 e. The number of furan rings is 1. The quantitative estimate of drug-likeness (QED) is 0.723. The number of carbonyl (C=O) groups is 2. The second-order valence-corrected chi connectivity index (χ2v) is 6.81. The first-order valence-electron chi connectivity index (χ1n) is 8.74. The van der Waals surface area contributed by atoms with E-state index in [2.05, 4.69) is 4.90 Å². The molecule has 2 atom stereocenters. The van der Waals surface area contributed by atoms with Crippen molar-refractivity contribution in [3.63, 3.8) is 0 Å². The van der Waals surface area contributed by atoms with Gasteiger partial charge in [-0.1, -0.05) is 0 Å². The van der Waals surface area contributed by atoms with Crippen LogP contribution >= 0.6 is 0 Å². The van der Waals surface area contributed by atoms with Gasteiger partial charge in [0, 0.05) is 37.8 Å². The highest BCUT2D eigenvalue weighted by atomic mass is 19.4. The first kappa shape index (κ1) is 20.7. The Hall–Kier alpha value is -3.04. The summed E-state index contributed by atoms with van der Waals surface area (Å²) in [5.41, 5.74) is 2.08. The summed E-state index contributed by atoms with van der Waals surface area (Å²) in [7, 11) is 2.05. The SMILES string of the molecule is CN1c2ccc(F)cc2[C@@H]2CN(C(=O)c3ccco3)CC[C@@H]21.O=C(O)C(F)(F)F. The number of likely N-dealkylation sites (tertiary alicyclic amines) is 1. The average molecular weight is 414 g/mol. The highest BCUT2D eigenvalue weighted by Gasteiger charge is 2.42. The standard InChI is InChI=1S/C17H17FN2O2.C2HF3O2/c1-19-14-5-4-11(18)9-12(14)13-10-20(7-6-15(13)19)17(21)16-3-2-8-22-16;3-2(4,5)1(6)7/h2-5,8-9,13,15H,6-7,10H2,1H3;(H,6,7)/t13-,15-;/m0./s1. The van der Waals surface area contributed by atoms with Crippen molar-refractivity contribution >= 4 is 17.6 Å². The van der Waals surface area contributed by atoms with Crippen molar-refractivity contribution < 1.29 is 36.7 Å². The molecule has 29 heavy (non-hydrogen) atoms. The Bertz CT molecular complexity index is 898. The molecule has 0 radical (unpaired) electrons. The Balaban J connectivity index is 0.000000298. The number of aliphatic carboxylic acids is 1. The number of hydrogen-bond acceptors (Lipinski definition) is 4. The maximum atomic E-state index is 13.6. The number of piperidine rings is 1. The van der Waals surface area contributed by atoms with Gasteiger partial charge in [0.05, 0.1) is 6.26 Å². The Kier molecular flexibility index (Phi) is 5.54. The number of carboxylic acids is 1. The number of alkyl halides is 3. The van der Waals surface area contributed by atoms with Gasteiger partial charge in [0.1, 0.15) is 5.82 Å². The average Bonchev–Trinajstić information content (AvgIpc) is 3.28. The summed E-state index contributed by atoms with van der Waals surface area (Å²) < 4.78 is 50.6. The van der Waals surface area contributed by atoms with Crippen LogP contribution in [0.3, 0.4) is 0 Å². The lowest BCUT2D eigenvalue weighted by Crippen LogP contribution is -2.47. The molecule has 2 aliphatic heterocycles. The summed E-state index contributed by atoms with van der Waals surface area (Å²) in [6, 6.07) is 8.67. The molecule has 6 nitrogen and oxygen atoms in total. The van der Waals surface area contributed by atoms with E-state index in [0.29, 0.717) is 24.9 Å². The molecule has 10 heteroatoms. The molecule has 0 saturated carbocycles. The van der Waals surface area contributed by atoms with E-state index in [0.717, 1.165) is 17.7 Å². The first-order valence-corrected chi connectivity index (χ1v) is 8.74. The first-order chi connectivity index (χ1) is 13.6. The molecule has 0 unspecified atom stereocenters. The predicted molar refractivity (Wildman–Crippen MR) is 94.3 cm³/mol. The summed E-state index contributed by atoms with van der Waals surface area (Å²) >= 11 is 0. The van der Waals surface area contributed by atoms with Gasteiger partial charge < -0.3 is 19.3 Å². The number of anilines is 1. The predicted octanol–water partition coefficient (Wildman–Crippen LogP) is 3.50. The minimum Gasteiger partial charge on any atom is -0.475 e. The van der Waals surface area contributed by atoms with Crippen LogP contribution < -0.4 is 4.90 Å². The van der Waals surface area contributed by atoms with Crippen LogP contribution in [0.2, 0.25) is 0 Å². The van der Waals surface area contributed by atoms with Gasteiger partial charge >= 0.3 is 12.1 Å². The highest BCUT2D eigenvalue weighted by Crippen LogP contribution is 2.44. The molecule has 1 aromatic heterocycles. The number of carboxylic acid groups (broad SMARTS) is 1. The van der Waals surface area contributed by atoms with Gasteiger partial charge in [0.25, 0.3) is 5.91 Å². The maximum Gasteiger partial charge on any atom is 0.490 e. The molecule has 4 rings (SSSR count). The number of nitrogens with zero attached hydrogens (tertiary/aromatic N) is 2. The van der Waals surface area contributed by atoms with Crippen molar-refractivity contribution in [3.05, 3.63) is 53.7 Å². The fraction of sp³-hybridized carbons (Fsp3) is 0.368. The number of likely N-dealkylation sites (N-methyl/N-ethyl adjacent to an activating group) is 1. The van der Waals surface area contributed by atoms with Crippen LogP contribution in [0.4, 0.5) is 23.2 Å². The Morgan fingerprint density at radius 3 is 2.52 bits per heavy atom. The number of carbonyl (C=O) groups excluding carboxylic acids is 1. The van der Waals surface area contributed by atoms with Gasteiger partial charge in [0.2, 0.25) is 0 Å². The summed E-state index contributed by atoms with van der Waals surface area (Å²) in [5, 5.41) is 7.12. The third-order valence-corrected chi connectivity index (χ3v) is 5.10. The minimum atomic E-state index is -5.08. The molecule has 1 aromatic carbocycles. The number of rotatable bonds is 1. The number of halogens is 4. The lowest BCUT2D eigenvalue weighted by Gasteiger charge is -2.37. The topological polar surface area (TPSA) is 74.0 Å². The summed E-state index contributed by atoms with van der Waals surface area (Å²) in [6.07, 6.45) is -2.70. The molecule has 2 aromatic rings. The van der Waals surface area contributed by atoms with E-state index in [-0.39, 0.29) is 17.6 Å². The van der Waals surface area contributed by atoms with Crippen molar-refractivity contribution in [2.24, 2.45) is 0 Å². The number of benzene rings is 1. The van der Waals surface area contributed by atoms with Crippen LogP contribution in [-0.2, 0) is 4.79 Å². The number of fused-ring (bicyclic) bond motifs is 3. The molecular formula is C19H18F4N2O4. The van der Waals surface area contributed by atoms with E-state index in [1.807, 2.05) is 18.0 Å². The zero-order chi connectivity index (χ0) is 21.3. The van der Waals surface area contributed by atoms with Crippen molar-refractivity contribution in [1.29, 1.82) is 0 Å². The monoisotopic (exact) mass is 414 g/mol. The third-order valence-electron chi connectivity index (χ3n) is 5.10. The summed E-state index contributed by atoms with van der Waals surface area (Å²) in [4.78, 5) is 25.4. The summed E-state index contributed by atoms with van der Waals surface area (Å²) in [5.74, 6) is -2.54. The molecule has 0 spiro atoms. The Morgan fingerprint density at radius 2 is 1.93 bits per heavy atom. The molecule has 2 aliphatic rings. The molecule has 1 fully saturated rings. The van der Waals surface area contributed by atoms with Crippen LogP contribution in [0.15, 0.2) is 41.0 Å². The number of amides is 1. The maximum absolute atomic E-state index is 13.6. The Morgan fingerprint density at radius 1 is 1.24 bits per heavy atom. The molecule has 1 N–H and O–H groups in total. The Labute approximate surface area is 163 Å². The smallest absolute Gasteiger partial charge is 0.475 e. The fourth-order valence-corrected chi connectivity index (χ4v) is 3.77. The van der Waals surface area contributed by atoms with Crippen LogP contribution in [0, 0.1) is 5.82 Å². The zero-order valence-corrected chi connectivity index (χ0v) is 15.3. The van der Waals surface area contributed by atoms with Crippen molar-refractivity contribution in [3.8, 4) is 0 Å². The molecule has 156 valence electrons. The molecule has 1 amide bonds. The van der Waals surface area contributed by atoms with Crippen molar-refractivity contribution in [2.45, 2.75) is 24.6 Å². The van der Waals surface area contributed by atoms with E-state index in [4.69, 9.17) is 14.3 Å². The lowest BCUT2D eigenvalue weighted by atomic mass is 9.89. The second kappa shape index (κ2) is 7.76. The van der Waals surface area contributed by atoms with E-state index in [1.54, 1.807) is 18.2 Å². The minimum absolute atomic E-state index is 0.0871. The van der Waals surface area contributed by atoms with Crippen molar-refractivity contribution in [2.75, 3.05) is 25.0 Å². The van der Waals surface area contributed by atoms with Gasteiger partial charge in [-0.15, -0.1) is 0 Å².